The zero-order chi connectivity index (χ0) is 17.6. The summed E-state index contributed by atoms with van der Waals surface area (Å²) in [6, 6.07) is 1.87. The third-order valence-electron chi connectivity index (χ3n) is 4.26. The van der Waals surface area contributed by atoms with Crippen molar-refractivity contribution >= 4 is 36.2 Å². The third kappa shape index (κ3) is 5.77. The van der Waals surface area contributed by atoms with E-state index >= 15 is 0 Å². The number of rotatable bonds is 5. The van der Waals surface area contributed by atoms with Crippen molar-refractivity contribution in [3.05, 3.63) is 29.5 Å². The first-order valence-electron chi connectivity index (χ1n) is 8.32. The van der Waals surface area contributed by atoms with Gasteiger partial charge in [0.2, 0.25) is 5.91 Å². The second kappa shape index (κ2) is 9.63. The second-order valence-corrected chi connectivity index (χ2v) is 6.16. The minimum absolute atomic E-state index is 0. The number of pyridine rings is 1. The number of fused-ring (bicyclic) bond motifs is 1. The highest BCUT2D eigenvalue weighted by atomic mass is 35.5. The highest BCUT2D eigenvalue weighted by Crippen LogP contribution is 2.20. The Labute approximate surface area is 158 Å². The fraction of sp³-hybridized carbons (Fsp3) is 0.471. The number of aliphatic carboxylic acids is 1. The van der Waals surface area contributed by atoms with E-state index in [9.17, 15) is 9.59 Å². The maximum Gasteiger partial charge on any atom is 0.328 e. The summed E-state index contributed by atoms with van der Waals surface area (Å²) in [6.07, 6.45) is 4.14. The van der Waals surface area contributed by atoms with Crippen molar-refractivity contribution < 1.29 is 19.4 Å². The molecule has 0 bridgehead atoms. The Hall–Kier alpha value is -2.00. The smallest absolute Gasteiger partial charge is 0.328 e. The molecule has 9 heteroatoms. The molecule has 2 N–H and O–H groups in total. The van der Waals surface area contributed by atoms with Gasteiger partial charge < -0.3 is 15.2 Å². The molecule has 0 aliphatic carbocycles. The van der Waals surface area contributed by atoms with Gasteiger partial charge in [0, 0.05) is 50.6 Å². The lowest BCUT2D eigenvalue weighted by Gasteiger charge is -2.29. The monoisotopic (exact) mass is 382 g/mol. The molecule has 1 aromatic rings. The van der Waals surface area contributed by atoms with Crippen LogP contribution < -0.4 is 5.32 Å². The number of anilines is 1. The first-order chi connectivity index (χ1) is 12.1. The lowest BCUT2D eigenvalue weighted by atomic mass is 10.1. The highest BCUT2D eigenvalue weighted by Gasteiger charge is 2.21. The summed E-state index contributed by atoms with van der Waals surface area (Å²) < 4.78 is 5.35. The summed E-state index contributed by atoms with van der Waals surface area (Å²) in [7, 11) is 0. The van der Waals surface area contributed by atoms with Crippen LogP contribution in [-0.4, -0.2) is 77.7 Å². The Kier molecular flexibility index (Phi) is 7.52. The molecule has 1 saturated heterocycles. The van der Waals surface area contributed by atoms with Crippen LogP contribution in [0.5, 0.6) is 0 Å². The van der Waals surface area contributed by atoms with Gasteiger partial charge in [-0.15, -0.1) is 12.4 Å². The van der Waals surface area contributed by atoms with Gasteiger partial charge in [0.05, 0.1) is 19.8 Å². The molecule has 1 amide bonds. The van der Waals surface area contributed by atoms with Crippen molar-refractivity contribution in [3.8, 4) is 0 Å². The molecule has 0 atom stereocenters. The summed E-state index contributed by atoms with van der Waals surface area (Å²) >= 11 is 0. The van der Waals surface area contributed by atoms with Crippen molar-refractivity contribution in [1.82, 2.24) is 14.8 Å². The molecule has 1 fully saturated rings. The Morgan fingerprint density at radius 1 is 1.27 bits per heavy atom. The molecule has 0 radical (unpaired) electrons. The highest BCUT2D eigenvalue weighted by molar-refractivity contribution is 5.93. The number of hydrogen-bond acceptors (Lipinski definition) is 6. The fourth-order valence-electron chi connectivity index (χ4n) is 2.96. The van der Waals surface area contributed by atoms with E-state index in [0.717, 1.165) is 51.0 Å². The molecule has 0 saturated carbocycles. The quantitative estimate of drug-likeness (QED) is 0.723. The summed E-state index contributed by atoms with van der Waals surface area (Å²) in [5.41, 5.74) is 1.59. The van der Waals surface area contributed by atoms with Crippen LogP contribution in [0.15, 0.2) is 18.3 Å². The summed E-state index contributed by atoms with van der Waals surface area (Å²) in [5.74, 6) is -0.538. The number of aromatic nitrogens is 1. The number of ether oxygens (including phenoxy) is 1. The molecule has 0 unspecified atom stereocenters. The summed E-state index contributed by atoms with van der Waals surface area (Å²) in [6.45, 7) is 5.94. The molecule has 0 aromatic carbocycles. The van der Waals surface area contributed by atoms with E-state index in [4.69, 9.17) is 9.84 Å². The molecule has 8 nitrogen and oxygen atoms in total. The number of halogens is 1. The topological polar surface area (TPSA) is 95.0 Å². The Balaban J connectivity index is 0.00000243. The zero-order valence-corrected chi connectivity index (χ0v) is 15.2. The fourth-order valence-corrected chi connectivity index (χ4v) is 2.96. The number of carboxylic acid groups (broad SMARTS) is 1. The summed E-state index contributed by atoms with van der Waals surface area (Å²) in [4.78, 5) is 31.4. The van der Waals surface area contributed by atoms with Gasteiger partial charge in [-0.3, -0.25) is 14.6 Å². The van der Waals surface area contributed by atoms with Crippen LogP contribution in [0.2, 0.25) is 0 Å². The van der Waals surface area contributed by atoms with Gasteiger partial charge in [-0.1, -0.05) is 0 Å². The van der Waals surface area contributed by atoms with Gasteiger partial charge in [-0.25, -0.2) is 9.78 Å². The first kappa shape index (κ1) is 20.3. The van der Waals surface area contributed by atoms with E-state index in [1.165, 1.54) is 6.08 Å². The molecular weight excluding hydrogens is 360 g/mol. The van der Waals surface area contributed by atoms with E-state index in [-0.39, 0.29) is 18.3 Å². The Morgan fingerprint density at radius 2 is 2.00 bits per heavy atom. The third-order valence-corrected chi connectivity index (χ3v) is 4.26. The van der Waals surface area contributed by atoms with Crippen molar-refractivity contribution in [2.45, 2.75) is 6.54 Å². The van der Waals surface area contributed by atoms with Crippen LogP contribution in [0.1, 0.15) is 11.1 Å². The maximum atomic E-state index is 12.1. The normalized spacial score (nSPS) is 18.7. The maximum absolute atomic E-state index is 12.1. The number of morpholine rings is 1. The van der Waals surface area contributed by atoms with Crippen molar-refractivity contribution in [1.29, 1.82) is 0 Å². The van der Waals surface area contributed by atoms with Gasteiger partial charge >= 0.3 is 5.97 Å². The molecule has 2 aliphatic rings. The molecule has 26 heavy (non-hydrogen) atoms. The van der Waals surface area contributed by atoms with Crippen molar-refractivity contribution in [3.63, 3.8) is 0 Å². The molecule has 2 aliphatic heterocycles. The number of carbonyl (C=O) groups is 2. The molecule has 3 rings (SSSR count). The number of amides is 1. The van der Waals surface area contributed by atoms with Crippen LogP contribution in [0, 0.1) is 0 Å². The van der Waals surface area contributed by atoms with Gasteiger partial charge in [-0.05, 0) is 17.7 Å². The van der Waals surface area contributed by atoms with Crippen LogP contribution in [0.3, 0.4) is 0 Å². The van der Waals surface area contributed by atoms with Crippen molar-refractivity contribution in [2.75, 3.05) is 51.3 Å². The van der Waals surface area contributed by atoms with E-state index in [2.05, 4.69) is 20.1 Å². The SMILES string of the molecule is Cl.O=C(O)/C=C/c1cnc2c(c1)CN(CCN1CCOCC1)CC(=O)N2. The predicted molar refractivity (Wildman–Crippen MR) is 99.3 cm³/mol. The molecule has 3 heterocycles. The number of carboxylic acids is 1. The Bertz CT molecular complexity index is 677. The van der Waals surface area contributed by atoms with Gasteiger partial charge in [0.15, 0.2) is 0 Å². The number of carbonyl (C=O) groups excluding carboxylic acids is 1. The average molecular weight is 383 g/mol. The second-order valence-electron chi connectivity index (χ2n) is 6.16. The van der Waals surface area contributed by atoms with E-state index in [0.29, 0.717) is 24.5 Å². The lowest BCUT2D eigenvalue weighted by molar-refractivity contribution is -0.131. The van der Waals surface area contributed by atoms with E-state index in [1.807, 2.05) is 6.07 Å². The van der Waals surface area contributed by atoms with E-state index < -0.39 is 5.97 Å². The molecule has 1 aromatic heterocycles. The number of nitrogens with zero attached hydrogens (tertiary/aromatic N) is 3. The zero-order valence-electron chi connectivity index (χ0n) is 14.4. The van der Waals surface area contributed by atoms with Crippen LogP contribution in [-0.2, 0) is 20.9 Å². The van der Waals surface area contributed by atoms with Crippen LogP contribution >= 0.6 is 12.4 Å². The molecule has 0 spiro atoms. The Morgan fingerprint density at radius 3 is 2.73 bits per heavy atom. The molecule has 142 valence electrons. The predicted octanol–water partition coefficient (Wildman–Crippen LogP) is 0.688. The molecular formula is C17H23ClN4O4. The van der Waals surface area contributed by atoms with Gasteiger partial charge in [0.1, 0.15) is 5.82 Å². The first-order valence-corrected chi connectivity index (χ1v) is 8.32. The van der Waals surface area contributed by atoms with Crippen LogP contribution in [0.25, 0.3) is 6.08 Å². The van der Waals surface area contributed by atoms with E-state index in [1.54, 1.807) is 6.20 Å². The largest absolute Gasteiger partial charge is 0.478 e. The summed E-state index contributed by atoms with van der Waals surface area (Å²) in [5, 5.41) is 11.6. The standard InChI is InChI=1S/C17H22N4O4.ClH/c22-15-12-21(4-3-20-5-7-25-8-6-20)11-14-9-13(1-2-16(23)24)10-18-17(14)19-15;/h1-2,9-10H,3-8,11-12H2,(H,23,24)(H,18,19,22);1H/b2-1+;. The van der Waals surface area contributed by atoms with Crippen LogP contribution in [0.4, 0.5) is 5.82 Å². The lowest BCUT2D eigenvalue weighted by Crippen LogP contribution is -2.42. The number of hydrogen-bond donors (Lipinski definition) is 2. The minimum Gasteiger partial charge on any atom is -0.478 e. The van der Waals surface area contributed by atoms with Gasteiger partial charge in [0.25, 0.3) is 0 Å². The number of nitrogens with one attached hydrogen (secondary N) is 1. The average Bonchev–Trinajstić information content (AvgIpc) is 2.76. The van der Waals surface area contributed by atoms with Crippen molar-refractivity contribution in [2.24, 2.45) is 0 Å². The minimum atomic E-state index is -1.00. The van der Waals surface area contributed by atoms with Gasteiger partial charge in [-0.2, -0.15) is 0 Å².